The Morgan fingerprint density at radius 1 is 1.42 bits per heavy atom. The monoisotopic (exact) mass is 260 g/mol. The second kappa shape index (κ2) is 5.74. The zero-order valence-corrected chi connectivity index (χ0v) is 12.2. The number of carbonyl (C=O) groups is 1. The van der Waals surface area contributed by atoms with Gasteiger partial charge in [0.25, 0.3) is 0 Å². The second-order valence-electron chi connectivity index (χ2n) is 5.97. The Morgan fingerprint density at radius 2 is 2.21 bits per heavy atom. The van der Waals surface area contributed by atoms with Gasteiger partial charge in [-0.3, -0.25) is 4.79 Å². The molecule has 1 atom stereocenters. The van der Waals surface area contributed by atoms with Gasteiger partial charge < -0.3 is 10.6 Å². The molecule has 19 heavy (non-hydrogen) atoms. The van der Waals surface area contributed by atoms with Crippen LogP contribution in [0.3, 0.4) is 0 Å². The number of nitrogens with one attached hydrogen (secondary N) is 2. The molecule has 1 saturated heterocycles. The number of aryl methyl sites for hydroxylation is 2. The van der Waals surface area contributed by atoms with Crippen molar-refractivity contribution in [2.24, 2.45) is 0 Å². The lowest BCUT2D eigenvalue weighted by molar-refractivity contribution is -0.120. The minimum absolute atomic E-state index is 0.0807. The summed E-state index contributed by atoms with van der Waals surface area (Å²) in [6, 6.07) is 6.27. The van der Waals surface area contributed by atoms with Gasteiger partial charge in [-0.2, -0.15) is 0 Å². The summed E-state index contributed by atoms with van der Waals surface area (Å²) in [6.45, 7) is 8.07. The summed E-state index contributed by atoms with van der Waals surface area (Å²) in [5.41, 5.74) is 3.60. The summed E-state index contributed by atoms with van der Waals surface area (Å²) in [6.07, 6.45) is 2.81. The van der Waals surface area contributed by atoms with Crippen LogP contribution in [0.2, 0.25) is 0 Å². The van der Waals surface area contributed by atoms with Crippen molar-refractivity contribution >= 4 is 5.91 Å². The molecule has 1 aliphatic rings. The average molecular weight is 260 g/mol. The van der Waals surface area contributed by atoms with Crippen LogP contribution in [0.25, 0.3) is 0 Å². The van der Waals surface area contributed by atoms with Crippen LogP contribution in [0.1, 0.15) is 36.5 Å². The van der Waals surface area contributed by atoms with E-state index in [-0.39, 0.29) is 11.4 Å². The van der Waals surface area contributed by atoms with E-state index >= 15 is 0 Å². The third kappa shape index (κ3) is 3.80. The van der Waals surface area contributed by atoms with Gasteiger partial charge in [-0.1, -0.05) is 23.8 Å². The summed E-state index contributed by atoms with van der Waals surface area (Å²) in [4.78, 5) is 12.0. The molecule has 1 aromatic rings. The number of rotatable bonds is 4. The highest BCUT2D eigenvalue weighted by Gasteiger charge is 2.28. The molecule has 0 spiro atoms. The molecular weight excluding hydrogens is 236 g/mol. The highest BCUT2D eigenvalue weighted by atomic mass is 16.1. The lowest BCUT2D eigenvalue weighted by Crippen LogP contribution is -2.47. The Morgan fingerprint density at radius 3 is 2.89 bits per heavy atom. The normalized spacial score (nSPS) is 22.5. The predicted molar refractivity (Wildman–Crippen MR) is 78.3 cm³/mol. The van der Waals surface area contributed by atoms with Gasteiger partial charge in [0.2, 0.25) is 5.91 Å². The van der Waals surface area contributed by atoms with Crippen LogP contribution in [0.4, 0.5) is 0 Å². The zero-order chi connectivity index (χ0) is 13.9. The van der Waals surface area contributed by atoms with E-state index in [1.807, 2.05) is 0 Å². The molecule has 3 nitrogen and oxygen atoms in total. The first-order chi connectivity index (χ1) is 8.98. The van der Waals surface area contributed by atoms with E-state index < -0.39 is 0 Å². The molecule has 0 saturated carbocycles. The first-order valence-corrected chi connectivity index (χ1v) is 7.06. The van der Waals surface area contributed by atoms with Crippen LogP contribution in [0.5, 0.6) is 0 Å². The van der Waals surface area contributed by atoms with Gasteiger partial charge >= 0.3 is 0 Å². The molecule has 3 heteroatoms. The summed E-state index contributed by atoms with van der Waals surface area (Å²) >= 11 is 0. The van der Waals surface area contributed by atoms with E-state index in [9.17, 15) is 4.79 Å². The first-order valence-electron chi connectivity index (χ1n) is 7.06. The zero-order valence-electron chi connectivity index (χ0n) is 12.2. The Hall–Kier alpha value is -1.35. The van der Waals surface area contributed by atoms with Gasteiger partial charge in [-0.15, -0.1) is 0 Å². The van der Waals surface area contributed by atoms with E-state index in [1.165, 1.54) is 17.5 Å². The first kappa shape index (κ1) is 14.1. The van der Waals surface area contributed by atoms with Crippen molar-refractivity contribution in [3.8, 4) is 0 Å². The predicted octanol–water partition coefficient (Wildman–Crippen LogP) is 2.10. The highest BCUT2D eigenvalue weighted by Crippen LogP contribution is 2.17. The Bertz CT molecular complexity index is 462. The van der Waals surface area contributed by atoms with Gasteiger partial charge in [0.05, 0.1) is 6.42 Å². The fourth-order valence-corrected chi connectivity index (χ4v) is 2.63. The molecular formula is C16H24N2O. The van der Waals surface area contributed by atoms with Crippen molar-refractivity contribution in [2.75, 3.05) is 13.1 Å². The van der Waals surface area contributed by atoms with Crippen molar-refractivity contribution in [3.63, 3.8) is 0 Å². The van der Waals surface area contributed by atoms with E-state index in [4.69, 9.17) is 0 Å². The highest BCUT2D eigenvalue weighted by molar-refractivity contribution is 5.79. The Kier molecular flexibility index (Phi) is 4.25. The molecule has 1 unspecified atom stereocenters. The molecule has 0 aliphatic carbocycles. The smallest absolute Gasteiger partial charge is 0.224 e. The van der Waals surface area contributed by atoms with E-state index in [0.717, 1.165) is 25.1 Å². The summed E-state index contributed by atoms with van der Waals surface area (Å²) in [5.74, 6) is 0.114. The van der Waals surface area contributed by atoms with E-state index in [2.05, 4.69) is 49.6 Å². The Labute approximate surface area is 115 Å². The van der Waals surface area contributed by atoms with Crippen LogP contribution < -0.4 is 10.6 Å². The molecule has 0 radical (unpaired) electrons. The van der Waals surface area contributed by atoms with Crippen molar-refractivity contribution < 1.29 is 4.79 Å². The lowest BCUT2D eigenvalue weighted by atomic mass is 9.99. The molecule has 1 heterocycles. The molecule has 0 bridgehead atoms. The number of carbonyl (C=O) groups excluding carboxylic acids is 1. The molecule has 1 fully saturated rings. The van der Waals surface area contributed by atoms with Crippen LogP contribution in [-0.4, -0.2) is 24.5 Å². The maximum absolute atomic E-state index is 12.0. The third-order valence-electron chi connectivity index (χ3n) is 3.99. The molecule has 2 N–H and O–H groups in total. The Balaban J connectivity index is 1.89. The number of amides is 1. The third-order valence-corrected chi connectivity index (χ3v) is 3.99. The minimum Gasteiger partial charge on any atom is -0.354 e. The lowest BCUT2D eigenvalue weighted by Gasteiger charge is -2.24. The molecule has 1 aliphatic heterocycles. The van der Waals surface area contributed by atoms with Gasteiger partial charge in [0.1, 0.15) is 0 Å². The van der Waals surface area contributed by atoms with Crippen molar-refractivity contribution in [3.05, 3.63) is 34.9 Å². The fourth-order valence-electron chi connectivity index (χ4n) is 2.63. The van der Waals surface area contributed by atoms with Crippen molar-refractivity contribution in [1.29, 1.82) is 0 Å². The van der Waals surface area contributed by atoms with Crippen molar-refractivity contribution in [1.82, 2.24) is 10.6 Å². The van der Waals surface area contributed by atoms with E-state index in [1.54, 1.807) is 0 Å². The topological polar surface area (TPSA) is 41.1 Å². The van der Waals surface area contributed by atoms with Gasteiger partial charge in [0, 0.05) is 12.1 Å². The summed E-state index contributed by atoms with van der Waals surface area (Å²) in [5, 5.41) is 6.52. The van der Waals surface area contributed by atoms with Gasteiger partial charge in [-0.05, 0) is 51.3 Å². The second-order valence-corrected chi connectivity index (χ2v) is 5.97. The quantitative estimate of drug-likeness (QED) is 0.870. The summed E-state index contributed by atoms with van der Waals surface area (Å²) in [7, 11) is 0. The molecule has 1 aromatic carbocycles. The maximum atomic E-state index is 12.0. The molecule has 2 rings (SSSR count). The molecule has 0 aromatic heterocycles. The van der Waals surface area contributed by atoms with Crippen molar-refractivity contribution in [2.45, 2.75) is 45.6 Å². The fraction of sp³-hybridized carbons (Fsp3) is 0.562. The number of hydrogen-bond donors (Lipinski definition) is 2. The van der Waals surface area contributed by atoms with E-state index in [0.29, 0.717) is 6.42 Å². The number of benzene rings is 1. The van der Waals surface area contributed by atoms with Crippen LogP contribution in [0.15, 0.2) is 18.2 Å². The van der Waals surface area contributed by atoms with Crippen LogP contribution >= 0.6 is 0 Å². The van der Waals surface area contributed by atoms with Crippen LogP contribution in [0, 0.1) is 13.8 Å². The summed E-state index contributed by atoms with van der Waals surface area (Å²) < 4.78 is 0. The SMILES string of the molecule is Cc1ccc(C)c(CC(=O)NCC2(C)CCCN2)c1. The standard InChI is InChI=1S/C16H24N2O/c1-12-5-6-13(2)14(9-12)10-15(19)17-11-16(3)7-4-8-18-16/h5-6,9,18H,4,7-8,10-11H2,1-3H3,(H,17,19). The van der Waals surface area contributed by atoms with Crippen LogP contribution in [-0.2, 0) is 11.2 Å². The van der Waals surface area contributed by atoms with Gasteiger partial charge in [-0.25, -0.2) is 0 Å². The maximum Gasteiger partial charge on any atom is 0.224 e. The number of hydrogen-bond acceptors (Lipinski definition) is 2. The molecule has 1 amide bonds. The average Bonchev–Trinajstić information content (AvgIpc) is 2.79. The molecule has 104 valence electrons. The minimum atomic E-state index is 0.0807. The largest absolute Gasteiger partial charge is 0.354 e. The van der Waals surface area contributed by atoms with Gasteiger partial charge in [0.15, 0.2) is 0 Å².